The van der Waals surface area contributed by atoms with Crippen LogP contribution in [0.5, 0.6) is 0 Å². The van der Waals surface area contributed by atoms with Crippen molar-refractivity contribution in [2.24, 2.45) is 0 Å². The Morgan fingerprint density at radius 3 is 2.31 bits per heavy atom. The van der Waals surface area contributed by atoms with Crippen LogP contribution in [-0.2, 0) is 11.3 Å². The van der Waals surface area contributed by atoms with Gasteiger partial charge in [-0.3, -0.25) is 9.48 Å². The summed E-state index contributed by atoms with van der Waals surface area (Å²) in [7, 11) is 0. The fourth-order valence-electron chi connectivity index (χ4n) is 1.63. The third-order valence-corrected chi connectivity index (χ3v) is 3.84. The molecule has 1 heterocycles. The topological polar surface area (TPSA) is 38.1 Å². The first-order valence-electron chi connectivity index (χ1n) is 5.48. The van der Waals surface area contributed by atoms with Gasteiger partial charge >= 0.3 is 0 Å². The number of halogens is 1. The highest BCUT2D eigenvalue weighted by Crippen LogP contribution is 2.19. The highest BCUT2D eigenvalue weighted by Gasteiger charge is 2.14. The summed E-state index contributed by atoms with van der Waals surface area (Å²) in [6.07, 6.45) is 0. The SMILES string of the molecule is CCN(CC)C(=O)Cn1nc(C)c(Br)c1C. The van der Waals surface area contributed by atoms with Crippen LogP contribution in [0.25, 0.3) is 0 Å². The van der Waals surface area contributed by atoms with Crippen LogP contribution >= 0.6 is 15.9 Å². The minimum absolute atomic E-state index is 0.114. The van der Waals surface area contributed by atoms with Gasteiger partial charge in [0.25, 0.3) is 0 Å². The first-order valence-corrected chi connectivity index (χ1v) is 6.27. The Bertz CT molecular complexity index is 383. The fraction of sp³-hybridized carbons (Fsp3) is 0.636. The summed E-state index contributed by atoms with van der Waals surface area (Å²) >= 11 is 3.45. The number of nitrogens with zero attached hydrogens (tertiary/aromatic N) is 3. The van der Waals surface area contributed by atoms with Crippen molar-refractivity contribution >= 4 is 21.8 Å². The van der Waals surface area contributed by atoms with Gasteiger partial charge in [0.1, 0.15) is 6.54 Å². The fourth-order valence-corrected chi connectivity index (χ4v) is 1.92. The van der Waals surface area contributed by atoms with E-state index in [9.17, 15) is 4.79 Å². The molecule has 4 nitrogen and oxygen atoms in total. The predicted octanol–water partition coefficient (Wildman–Crippen LogP) is 2.13. The summed E-state index contributed by atoms with van der Waals surface area (Å²) in [6.45, 7) is 9.66. The molecule has 1 amide bonds. The number of carbonyl (C=O) groups is 1. The lowest BCUT2D eigenvalue weighted by molar-refractivity contribution is -0.131. The van der Waals surface area contributed by atoms with E-state index in [0.717, 1.165) is 29.0 Å². The van der Waals surface area contributed by atoms with E-state index in [0.29, 0.717) is 6.54 Å². The van der Waals surface area contributed by atoms with Gasteiger partial charge in [-0.1, -0.05) is 0 Å². The number of likely N-dealkylation sites (N-methyl/N-ethyl adjacent to an activating group) is 1. The maximum atomic E-state index is 11.9. The van der Waals surface area contributed by atoms with E-state index < -0.39 is 0 Å². The molecule has 90 valence electrons. The van der Waals surface area contributed by atoms with Gasteiger partial charge in [0.05, 0.1) is 15.9 Å². The minimum atomic E-state index is 0.114. The molecule has 1 aromatic heterocycles. The first-order chi connectivity index (χ1) is 7.51. The highest BCUT2D eigenvalue weighted by atomic mass is 79.9. The van der Waals surface area contributed by atoms with Gasteiger partial charge in [-0.2, -0.15) is 5.10 Å². The summed E-state index contributed by atoms with van der Waals surface area (Å²) in [4.78, 5) is 13.7. The molecule has 0 aliphatic carbocycles. The summed E-state index contributed by atoms with van der Waals surface area (Å²) < 4.78 is 2.74. The monoisotopic (exact) mass is 287 g/mol. The number of aryl methyl sites for hydroxylation is 1. The second-order valence-electron chi connectivity index (χ2n) is 3.71. The lowest BCUT2D eigenvalue weighted by Crippen LogP contribution is -2.33. The number of hydrogen-bond acceptors (Lipinski definition) is 2. The van der Waals surface area contributed by atoms with Gasteiger partial charge < -0.3 is 4.90 Å². The average Bonchev–Trinajstić information content (AvgIpc) is 2.48. The second kappa shape index (κ2) is 5.48. The summed E-state index contributed by atoms with van der Waals surface area (Å²) in [5.74, 6) is 0.114. The minimum Gasteiger partial charge on any atom is -0.342 e. The largest absolute Gasteiger partial charge is 0.342 e. The number of carbonyl (C=O) groups excluding carboxylic acids is 1. The normalized spacial score (nSPS) is 10.6. The van der Waals surface area contributed by atoms with Crippen LogP contribution in [0.2, 0.25) is 0 Å². The van der Waals surface area contributed by atoms with Gasteiger partial charge in [-0.15, -0.1) is 0 Å². The number of amides is 1. The van der Waals surface area contributed by atoms with Crippen LogP contribution < -0.4 is 0 Å². The molecule has 0 atom stereocenters. The average molecular weight is 288 g/mol. The van der Waals surface area contributed by atoms with E-state index in [1.54, 1.807) is 4.68 Å². The maximum Gasteiger partial charge on any atom is 0.244 e. The van der Waals surface area contributed by atoms with Crippen LogP contribution in [-0.4, -0.2) is 33.7 Å². The van der Waals surface area contributed by atoms with Crippen molar-refractivity contribution in [2.45, 2.75) is 34.2 Å². The quantitative estimate of drug-likeness (QED) is 0.851. The Morgan fingerprint density at radius 1 is 1.38 bits per heavy atom. The third-order valence-electron chi connectivity index (χ3n) is 2.69. The van der Waals surface area contributed by atoms with Crippen LogP contribution in [0.1, 0.15) is 25.2 Å². The molecular formula is C11H18BrN3O. The van der Waals surface area contributed by atoms with E-state index >= 15 is 0 Å². The Hall–Kier alpha value is -0.840. The highest BCUT2D eigenvalue weighted by molar-refractivity contribution is 9.10. The summed E-state index contributed by atoms with van der Waals surface area (Å²) in [5, 5.41) is 4.32. The second-order valence-corrected chi connectivity index (χ2v) is 4.50. The van der Waals surface area contributed by atoms with E-state index in [1.807, 2.05) is 32.6 Å². The lowest BCUT2D eigenvalue weighted by atomic mass is 10.4. The Balaban J connectivity index is 2.80. The third kappa shape index (κ3) is 2.64. The molecule has 16 heavy (non-hydrogen) atoms. The van der Waals surface area contributed by atoms with Crippen molar-refractivity contribution in [2.75, 3.05) is 13.1 Å². The molecule has 1 rings (SSSR count). The molecule has 0 bridgehead atoms. The Labute approximate surface area is 105 Å². The molecule has 0 saturated carbocycles. The molecule has 0 aromatic carbocycles. The van der Waals surface area contributed by atoms with Crippen LogP contribution in [0.4, 0.5) is 0 Å². The number of hydrogen-bond donors (Lipinski definition) is 0. The van der Waals surface area contributed by atoms with Crippen molar-refractivity contribution in [3.8, 4) is 0 Å². The number of aromatic nitrogens is 2. The van der Waals surface area contributed by atoms with Gasteiger partial charge in [-0.25, -0.2) is 0 Å². The molecule has 0 aliphatic heterocycles. The number of rotatable bonds is 4. The summed E-state index contributed by atoms with van der Waals surface area (Å²) in [5.41, 5.74) is 1.92. The lowest BCUT2D eigenvalue weighted by Gasteiger charge is -2.18. The van der Waals surface area contributed by atoms with Crippen molar-refractivity contribution in [3.63, 3.8) is 0 Å². The van der Waals surface area contributed by atoms with Crippen molar-refractivity contribution in [1.82, 2.24) is 14.7 Å². The zero-order chi connectivity index (χ0) is 12.3. The predicted molar refractivity (Wildman–Crippen MR) is 67.3 cm³/mol. The van der Waals surface area contributed by atoms with Crippen molar-refractivity contribution in [1.29, 1.82) is 0 Å². The Morgan fingerprint density at radius 2 is 1.94 bits per heavy atom. The first kappa shape index (κ1) is 13.2. The van der Waals surface area contributed by atoms with Gasteiger partial charge in [0.2, 0.25) is 5.91 Å². The van der Waals surface area contributed by atoms with Crippen molar-refractivity contribution in [3.05, 3.63) is 15.9 Å². The molecule has 5 heteroatoms. The standard InChI is InChI=1S/C11H18BrN3O/c1-5-14(6-2)10(16)7-15-9(4)11(12)8(3)13-15/h5-7H2,1-4H3. The molecule has 0 saturated heterocycles. The molecule has 0 fully saturated rings. The smallest absolute Gasteiger partial charge is 0.244 e. The van der Waals surface area contributed by atoms with Crippen LogP contribution in [0, 0.1) is 13.8 Å². The Kier molecular flexibility index (Phi) is 4.53. The zero-order valence-electron chi connectivity index (χ0n) is 10.2. The molecule has 0 spiro atoms. The summed E-state index contributed by atoms with van der Waals surface area (Å²) in [6, 6.07) is 0. The van der Waals surface area contributed by atoms with E-state index in [4.69, 9.17) is 0 Å². The molecule has 0 N–H and O–H groups in total. The molecule has 0 radical (unpaired) electrons. The van der Waals surface area contributed by atoms with Gasteiger partial charge in [-0.05, 0) is 43.6 Å². The maximum absolute atomic E-state index is 11.9. The molecule has 1 aromatic rings. The van der Waals surface area contributed by atoms with Crippen LogP contribution in [0.3, 0.4) is 0 Å². The van der Waals surface area contributed by atoms with Crippen molar-refractivity contribution < 1.29 is 4.79 Å². The molecular weight excluding hydrogens is 270 g/mol. The molecule has 0 unspecified atom stereocenters. The van der Waals surface area contributed by atoms with E-state index in [1.165, 1.54) is 0 Å². The van der Waals surface area contributed by atoms with E-state index in [2.05, 4.69) is 21.0 Å². The van der Waals surface area contributed by atoms with Gasteiger partial charge in [0.15, 0.2) is 0 Å². The van der Waals surface area contributed by atoms with Gasteiger partial charge in [0, 0.05) is 13.1 Å². The van der Waals surface area contributed by atoms with Crippen LogP contribution in [0.15, 0.2) is 4.47 Å². The van der Waals surface area contributed by atoms with E-state index in [-0.39, 0.29) is 5.91 Å². The zero-order valence-corrected chi connectivity index (χ0v) is 11.8. The molecule has 0 aliphatic rings.